The molecule has 1 aliphatic carbocycles. The summed E-state index contributed by atoms with van der Waals surface area (Å²) >= 11 is 0. The zero-order chi connectivity index (χ0) is 8.97. The molecule has 1 fully saturated rings. The van der Waals surface area contributed by atoms with Crippen LogP contribution in [0.2, 0.25) is 0 Å². The summed E-state index contributed by atoms with van der Waals surface area (Å²) in [7, 11) is 0. The molecule has 0 aromatic rings. The van der Waals surface area contributed by atoms with Crippen molar-refractivity contribution < 1.29 is 0 Å². The number of hydrogen-bond donors (Lipinski definition) is 1. The molecule has 0 amide bonds. The molecule has 1 nitrogen and oxygen atoms in total. The Hall–Kier alpha value is -0.0400. The van der Waals surface area contributed by atoms with Gasteiger partial charge >= 0.3 is 0 Å². The standard InChI is InChI=1S/C11H23N/c1-9(2)8-12-11-7-5-4-6-10(11)3/h9-12H,4-8H2,1-3H3/t10-,11-/m0/s1. The predicted molar refractivity (Wildman–Crippen MR) is 54.3 cm³/mol. The summed E-state index contributed by atoms with van der Waals surface area (Å²) in [5, 5.41) is 3.67. The van der Waals surface area contributed by atoms with Crippen molar-refractivity contribution in [2.24, 2.45) is 11.8 Å². The summed E-state index contributed by atoms with van der Waals surface area (Å²) < 4.78 is 0. The van der Waals surface area contributed by atoms with Crippen molar-refractivity contribution >= 4 is 0 Å². The van der Waals surface area contributed by atoms with Crippen LogP contribution < -0.4 is 5.32 Å². The zero-order valence-electron chi connectivity index (χ0n) is 8.77. The van der Waals surface area contributed by atoms with Crippen LogP contribution in [-0.2, 0) is 0 Å². The lowest BCUT2D eigenvalue weighted by Crippen LogP contribution is -2.39. The number of nitrogens with one attached hydrogen (secondary N) is 1. The monoisotopic (exact) mass is 169 g/mol. The summed E-state index contributed by atoms with van der Waals surface area (Å²) in [5.41, 5.74) is 0. The van der Waals surface area contributed by atoms with Crippen LogP contribution in [0.4, 0.5) is 0 Å². The van der Waals surface area contributed by atoms with Crippen molar-refractivity contribution in [2.45, 2.75) is 52.5 Å². The molecule has 1 heteroatoms. The Morgan fingerprint density at radius 3 is 2.50 bits per heavy atom. The topological polar surface area (TPSA) is 12.0 Å². The Kier molecular flexibility index (Phi) is 4.07. The summed E-state index contributed by atoms with van der Waals surface area (Å²) in [5.74, 6) is 1.69. The Bertz CT molecular complexity index is 120. The molecule has 72 valence electrons. The molecule has 12 heavy (non-hydrogen) atoms. The van der Waals surface area contributed by atoms with Crippen LogP contribution in [0.25, 0.3) is 0 Å². The van der Waals surface area contributed by atoms with Crippen molar-refractivity contribution in [3.8, 4) is 0 Å². The highest BCUT2D eigenvalue weighted by Gasteiger charge is 2.20. The summed E-state index contributed by atoms with van der Waals surface area (Å²) in [6.07, 6.45) is 5.70. The average Bonchev–Trinajstić information content (AvgIpc) is 2.03. The molecular formula is C11H23N. The van der Waals surface area contributed by atoms with Gasteiger partial charge in [-0.25, -0.2) is 0 Å². The predicted octanol–water partition coefficient (Wildman–Crippen LogP) is 2.81. The van der Waals surface area contributed by atoms with Crippen LogP contribution in [0.3, 0.4) is 0 Å². The molecule has 0 aromatic carbocycles. The van der Waals surface area contributed by atoms with E-state index in [1.54, 1.807) is 0 Å². The van der Waals surface area contributed by atoms with Gasteiger partial charge in [0.1, 0.15) is 0 Å². The van der Waals surface area contributed by atoms with Crippen molar-refractivity contribution in [3.63, 3.8) is 0 Å². The number of rotatable bonds is 3. The smallest absolute Gasteiger partial charge is 0.00928 e. The van der Waals surface area contributed by atoms with Gasteiger partial charge < -0.3 is 5.32 Å². The maximum Gasteiger partial charge on any atom is 0.00928 e. The van der Waals surface area contributed by atoms with Crippen molar-refractivity contribution in [2.75, 3.05) is 6.54 Å². The average molecular weight is 169 g/mol. The highest BCUT2D eigenvalue weighted by atomic mass is 14.9. The second kappa shape index (κ2) is 4.86. The van der Waals surface area contributed by atoms with Crippen LogP contribution in [0, 0.1) is 11.8 Å². The maximum absolute atomic E-state index is 3.67. The van der Waals surface area contributed by atoms with Crippen LogP contribution in [0.5, 0.6) is 0 Å². The van der Waals surface area contributed by atoms with Gasteiger partial charge in [-0.1, -0.05) is 33.6 Å². The minimum Gasteiger partial charge on any atom is -0.313 e. The van der Waals surface area contributed by atoms with Gasteiger partial charge in [-0.3, -0.25) is 0 Å². The molecule has 0 unspecified atom stereocenters. The van der Waals surface area contributed by atoms with E-state index in [2.05, 4.69) is 26.1 Å². The third kappa shape index (κ3) is 3.14. The van der Waals surface area contributed by atoms with E-state index in [-0.39, 0.29) is 0 Å². The molecular weight excluding hydrogens is 146 g/mol. The van der Waals surface area contributed by atoms with E-state index < -0.39 is 0 Å². The van der Waals surface area contributed by atoms with E-state index in [0.29, 0.717) is 0 Å². The summed E-state index contributed by atoms with van der Waals surface area (Å²) in [6, 6.07) is 0.807. The van der Waals surface area contributed by atoms with Gasteiger partial charge in [0.05, 0.1) is 0 Å². The lowest BCUT2D eigenvalue weighted by Gasteiger charge is -2.30. The van der Waals surface area contributed by atoms with Crippen LogP contribution >= 0.6 is 0 Å². The van der Waals surface area contributed by atoms with Crippen LogP contribution in [0.1, 0.15) is 46.5 Å². The molecule has 1 N–H and O–H groups in total. The third-order valence-corrected chi connectivity index (χ3v) is 2.90. The second-order valence-corrected chi connectivity index (χ2v) is 4.67. The van der Waals surface area contributed by atoms with E-state index in [1.807, 2.05) is 0 Å². The number of hydrogen-bond acceptors (Lipinski definition) is 1. The van der Waals surface area contributed by atoms with Gasteiger partial charge in [-0.2, -0.15) is 0 Å². The minimum atomic E-state index is 0.791. The molecule has 1 aliphatic rings. The fraction of sp³-hybridized carbons (Fsp3) is 1.00. The first-order chi connectivity index (χ1) is 5.70. The second-order valence-electron chi connectivity index (χ2n) is 4.67. The molecule has 0 heterocycles. The largest absolute Gasteiger partial charge is 0.313 e. The normalized spacial score (nSPS) is 31.0. The van der Waals surface area contributed by atoms with Gasteiger partial charge in [0, 0.05) is 6.04 Å². The van der Waals surface area contributed by atoms with Gasteiger partial charge in [0.2, 0.25) is 0 Å². The molecule has 2 atom stereocenters. The Morgan fingerprint density at radius 2 is 1.92 bits per heavy atom. The van der Waals surface area contributed by atoms with Crippen molar-refractivity contribution in [3.05, 3.63) is 0 Å². The molecule has 0 bridgehead atoms. The lowest BCUT2D eigenvalue weighted by atomic mass is 9.86. The fourth-order valence-corrected chi connectivity index (χ4v) is 2.01. The lowest BCUT2D eigenvalue weighted by molar-refractivity contribution is 0.273. The maximum atomic E-state index is 3.67. The molecule has 0 spiro atoms. The van der Waals surface area contributed by atoms with Crippen LogP contribution in [-0.4, -0.2) is 12.6 Å². The molecule has 0 aromatic heterocycles. The molecule has 0 radical (unpaired) electrons. The van der Waals surface area contributed by atoms with E-state index in [0.717, 1.165) is 17.9 Å². The Balaban J connectivity index is 2.20. The van der Waals surface area contributed by atoms with Crippen molar-refractivity contribution in [1.82, 2.24) is 5.32 Å². The van der Waals surface area contributed by atoms with Gasteiger partial charge in [-0.15, -0.1) is 0 Å². The highest BCUT2D eigenvalue weighted by molar-refractivity contribution is 4.78. The quantitative estimate of drug-likeness (QED) is 0.685. The van der Waals surface area contributed by atoms with Crippen molar-refractivity contribution in [1.29, 1.82) is 0 Å². The van der Waals surface area contributed by atoms with E-state index in [4.69, 9.17) is 0 Å². The SMILES string of the molecule is CC(C)CN[C@H]1CCCC[C@@H]1C. The van der Waals surface area contributed by atoms with Gasteiger partial charge in [-0.05, 0) is 31.2 Å². The van der Waals surface area contributed by atoms with E-state index in [1.165, 1.54) is 32.2 Å². The van der Waals surface area contributed by atoms with Gasteiger partial charge in [0.15, 0.2) is 0 Å². The minimum absolute atomic E-state index is 0.791. The Labute approximate surface area is 76.9 Å². The molecule has 0 saturated heterocycles. The first-order valence-electron chi connectivity index (χ1n) is 5.43. The molecule has 0 aliphatic heterocycles. The first-order valence-corrected chi connectivity index (χ1v) is 5.43. The summed E-state index contributed by atoms with van der Waals surface area (Å²) in [4.78, 5) is 0. The zero-order valence-corrected chi connectivity index (χ0v) is 8.77. The fourth-order valence-electron chi connectivity index (χ4n) is 2.01. The summed E-state index contributed by atoms with van der Waals surface area (Å²) in [6.45, 7) is 8.13. The molecule has 1 rings (SSSR count). The molecule has 1 saturated carbocycles. The van der Waals surface area contributed by atoms with E-state index >= 15 is 0 Å². The van der Waals surface area contributed by atoms with Crippen LogP contribution in [0.15, 0.2) is 0 Å². The van der Waals surface area contributed by atoms with E-state index in [9.17, 15) is 0 Å². The first kappa shape index (κ1) is 10.0. The Morgan fingerprint density at radius 1 is 1.25 bits per heavy atom. The highest BCUT2D eigenvalue weighted by Crippen LogP contribution is 2.23. The third-order valence-electron chi connectivity index (χ3n) is 2.90. The van der Waals surface area contributed by atoms with Gasteiger partial charge in [0.25, 0.3) is 0 Å².